The van der Waals surface area contributed by atoms with Gasteiger partial charge >= 0.3 is 0 Å². The van der Waals surface area contributed by atoms with Crippen molar-refractivity contribution in [2.45, 2.75) is 26.7 Å². The van der Waals surface area contributed by atoms with E-state index in [0.717, 1.165) is 22.5 Å². The summed E-state index contributed by atoms with van der Waals surface area (Å²) in [5.74, 6) is 0.284. The number of hydrogen-bond donors (Lipinski definition) is 2. The number of carbonyl (C=O) groups excluding carboxylic acids is 1. The minimum atomic E-state index is -0.0764. The number of para-hydroxylation sites is 1. The number of nitrogens with one attached hydrogen (secondary N) is 2. The summed E-state index contributed by atoms with van der Waals surface area (Å²) in [6, 6.07) is 13.5. The second-order valence-electron chi connectivity index (χ2n) is 5.56. The third-order valence-electron chi connectivity index (χ3n) is 3.56. The van der Waals surface area contributed by atoms with Gasteiger partial charge in [-0.25, -0.2) is 0 Å². The summed E-state index contributed by atoms with van der Waals surface area (Å²) in [4.78, 5) is 12.2. The van der Waals surface area contributed by atoms with Crippen molar-refractivity contribution in [3.05, 3.63) is 58.6 Å². The zero-order valence-corrected chi connectivity index (χ0v) is 13.9. The molecule has 0 heterocycles. The van der Waals surface area contributed by atoms with Gasteiger partial charge in [-0.15, -0.1) is 0 Å². The van der Waals surface area contributed by atoms with Gasteiger partial charge in [-0.3, -0.25) is 4.79 Å². The molecule has 0 atom stereocenters. The summed E-state index contributed by atoms with van der Waals surface area (Å²) in [6.07, 6.45) is 0. The van der Waals surface area contributed by atoms with Crippen molar-refractivity contribution >= 4 is 28.9 Å². The lowest BCUT2D eigenvalue weighted by atomic mass is 10.0. The van der Waals surface area contributed by atoms with Crippen LogP contribution in [0, 0.1) is 6.92 Å². The molecule has 1 amide bonds. The Labute approximate surface area is 136 Å². The molecule has 2 aromatic carbocycles. The SMILES string of the molecule is Cc1c(Cl)cccc1NCC(=O)Nc1ccccc1C(C)C. The van der Waals surface area contributed by atoms with Crippen LogP contribution in [0.2, 0.25) is 5.02 Å². The highest BCUT2D eigenvalue weighted by atomic mass is 35.5. The van der Waals surface area contributed by atoms with Crippen molar-refractivity contribution < 1.29 is 4.79 Å². The minimum Gasteiger partial charge on any atom is -0.376 e. The quantitative estimate of drug-likeness (QED) is 0.830. The lowest BCUT2D eigenvalue weighted by Gasteiger charge is -2.15. The third kappa shape index (κ3) is 4.01. The van der Waals surface area contributed by atoms with E-state index in [1.54, 1.807) is 0 Å². The van der Waals surface area contributed by atoms with Gasteiger partial charge in [0.25, 0.3) is 0 Å². The maximum Gasteiger partial charge on any atom is 0.243 e. The van der Waals surface area contributed by atoms with E-state index in [0.29, 0.717) is 10.9 Å². The lowest BCUT2D eigenvalue weighted by molar-refractivity contribution is -0.114. The van der Waals surface area contributed by atoms with Crippen molar-refractivity contribution in [1.82, 2.24) is 0 Å². The molecule has 22 heavy (non-hydrogen) atoms. The van der Waals surface area contributed by atoms with Crippen molar-refractivity contribution in [3.63, 3.8) is 0 Å². The maximum absolute atomic E-state index is 12.2. The number of hydrogen-bond acceptors (Lipinski definition) is 2. The summed E-state index contributed by atoms with van der Waals surface area (Å²) in [5.41, 5.74) is 3.82. The summed E-state index contributed by atoms with van der Waals surface area (Å²) in [6.45, 7) is 6.35. The Hall–Kier alpha value is -2.00. The Kier molecular flexibility index (Phi) is 5.45. The zero-order valence-electron chi connectivity index (χ0n) is 13.1. The second kappa shape index (κ2) is 7.32. The van der Waals surface area contributed by atoms with Crippen LogP contribution in [0.3, 0.4) is 0 Å². The fourth-order valence-corrected chi connectivity index (χ4v) is 2.46. The molecule has 2 aromatic rings. The van der Waals surface area contributed by atoms with Gasteiger partial charge in [0, 0.05) is 16.4 Å². The number of anilines is 2. The second-order valence-corrected chi connectivity index (χ2v) is 5.96. The van der Waals surface area contributed by atoms with E-state index in [1.165, 1.54) is 0 Å². The Morgan fingerprint density at radius 2 is 1.77 bits per heavy atom. The summed E-state index contributed by atoms with van der Waals surface area (Å²) in [7, 11) is 0. The molecule has 0 saturated heterocycles. The van der Waals surface area contributed by atoms with Gasteiger partial charge in [0.15, 0.2) is 0 Å². The first-order valence-electron chi connectivity index (χ1n) is 7.36. The Morgan fingerprint density at radius 3 is 2.50 bits per heavy atom. The average molecular weight is 317 g/mol. The molecule has 0 aromatic heterocycles. The molecule has 0 aliphatic carbocycles. The molecular formula is C18H21ClN2O. The van der Waals surface area contributed by atoms with Crippen LogP contribution >= 0.6 is 11.6 Å². The average Bonchev–Trinajstić information content (AvgIpc) is 2.49. The Bertz CT molecular complexity index is 668. The van der Waals surface area contributed by atoms with Gasteiger partial charge in [0.2, 0.25) is 5.91 Å². The molecule has 116 valence electrons. The summed E-state index contributed by atoms with van der Waals surface area (Å²) in [5, 5.41) is 6.78. The van der Waals surface area contributed by atoms with Crippen LogP contribution in [-0.2, 0) is 4.79 Å². The van der Waals surface area contributed by atoms with Gasteiger partial charge in [-0.2, -0.15) is 0 Å². The summed E-state index contributed by atoms with van der Waals surface area (Å²) >= 11 is 6.07. The van der Waals surface area contributed by atoms with Gasteiger partial charge in [-0.1, -0.05) is 49.7 Å². The molecule has 0 fully saturated rings. The Balaban J connectivity index is 2.01. The smallest absolute Gasteiger partial charge is 0.243 e. The van der Waals surface area contributed by atoms with Crippen molar-refractivity contribution in [2.75, 3.05) is 17.2 Å². The predicted octanol–water partition coefficient (Wildman–Crippen LogP) is 4.82. The van der Waals surface area contributed by atoms with E-state index in [-0.39, 0.29) is 12.5 Å². The Morgan fingerprint density at radius 1 is 1.09 bits per heavy atom. The van der Waals surface area contributed by atoms with E-state index < -0.39 is 0 Å². The van der Waals surface area contributed by atoms with Crippen molar-refractivity contribution in [1.29, 1.82) is 0 Å². The molecule has 0 radical (unpaired) electrons. The van der Waals surface area contributed by atoms with Gasteiger partial charge in [0.1, 0.15) is 0 Å². The number of rotatable bonds is 5. The van der Waals surface area contributed by atoms with Gasteiger partial charge in [0.05, 0.1) is 6.54 Å². The van der Waals surface area contributed by atoms with E-state index in [4.69, 9.17) is 11.6 Å². The molecule has 2 N–H and O–H groups in total. The monoisotopic (exact) mass is 316 g/mol. The maximum atomic E-state index is 12.2. The fourth-order valence-electron chi connectivity index (χ4n) is 2.28. The molecular weight excluding hydrogens is 296 g/mol. The molecule has 3 nitrogen and oxygen atoms in total. The van der Waals surface area contributed by atoms with Crippen molar-refractivity contribution in [3.8, 4) is 0 Å². The lowest BCUT2D eigenvalue weighted by Crippen LogP contribution is -2.22. The zero-order chi connectivity index (χ0) is 16.1. The summed E-state index contributed by atoms with van der Waals surface area (Å²) < 4.78 is 0. The molecule has 0 aliphatic rings. The van der Waals surface area contributed by atoms with E-state index in [9.17, 15) is 4.79 Å². The fraction of sp³-hybridized carbons (Fsp3) is 0.278. The standard InChI is InChI=1S/C18H21ClN2O/c1-12(2)14-7-4-5-9-17(14)21-18(22)11-20-16-10-6-8-15(19)13(16)3/h4-10,12,20H,11H2,1-3H3,(H,21,22). The van der Waals surface area contributed by atoms with E-state index in [1.807, 2.05) is 49.4 Å². The van der Waals surface area contributed by atoms with Crippen LogP contribution in [0.4, 0.5) is 11.4 Å². The topological polar surface area (TPSA) is 41.1 Å². The molecule has 2 rings (SSSR count). The number of carbonyl (C=O) groups is 1. The largest absolute Gasteiger partial charge is 0.376 e. The highest BCUT2D eigenvalue weighted by Gasteiger charge is 2.09. The number of benzene rings is 2. The third-order valence-corrected chi connectivity index (χ3v) is 3.97. The van der Waals surface area contributed by atoms with Crippen LogP contribution < -0.4 is 10.6 Å². The molecule has 4 heteroatoms. The first-order valence-corrected chi connectivity index (χ1v) is 7.74. The molecule has 0 aliphatic heterocycles. The minimum absolute atomic E-state index is 0.0764. The van der Waals surface area contributed by atoms with Crippen LogP contribution in [0.25, 0.3) is 0 Å². The molecule has 0 saturated carbocycles. The molecule has 0 spiro atoms. The molecule has 0 bridgehead atoms. The van der Waals surface area contributed by atoms with Crippen LogP contribution in [0.15, 0.2) is 42.5 Å². The highest BCUT2D eigenvalue weighted by Crippen LogP contribution is 2.24. The van der Waals surface area contributed by atoms with Crippen LogP contribution in [-0.4, -0.2) is 12.5 Å². The van der Waals surface area contributed by atoms with Gasteiger partial charge < -0.3 is 10.6 Å². The number of halogens is 1. The number of amides is 1. The normalized spacial score (nSPS) is 10.6. The highest BCUT2D eigenvalue weighted by molar-refractivity contribution is 6.31. The first kappa shape index (κ1) is 16.4. The predicted molar refractivity (Wildman–Crippen MR) is 93.8 cm³/mol. The van der Waals surface area contributed by atoms with Crippen LogP contribution in [0.5, 0.6) is 0 Å². The van der Waals surface area contributed by atoms with E-state index >= 15 is 0 Å². The van der Waals surface area contributed by atoms with Crippen LogP contribution in [0.1, 0.15) is 30.9 Å². The molecule has 0 unspecified atom stereocenters. The van der Waals surface area contributed by atoms with Crippen molar-refractivity contribution in [2.24, 2.45) is 0 Å². The van der Waals surface area contributed by atoms with E-state index in [2.05, 4.69) is 24.5 Å². The first-order chi connectivity index (χ1) is 10.5. The van der Waals surface area contributed by atoms with Gasteiger partial charge in [-0.05, 0) is 42.2 Å².